The van der Waals surface area contributed by atoms with Gasteiger partial charge in [0.15, 0.2) is 0 Å². The summed E-state index contributed by atoms with van der Waals surface area (Å²) < 4.78 is 0. The Kier molecular flexibility index (Phi) is 13.4. The van der Waals surface area contributed by atoms with Crippen molar-refractivity contribution in [2.45, 2.75) is 84.5 Å². The Morgan fingerprint density at radius 3 is 1.84 bits per heavy atom. The van der Waals surface area contributed by atoms with Gasteiger partial charge < -0.3 is 17.3 Å². The standard InChI is InChI=1S/C17H35N.ClH/c1-3-5-6-7-8-9-10-11-14-18-15-12-17(4-2)13-16-18;/h17H,3-16H2,1-2H3;1H. The van der Waals surface area contributed by atoms with Gasteiger partial charge in [0.2, 0.25) is 0 Å². The molecule has 0 unspecified atom stereocenters. The van der Waals surface area contributed by atoms with Crippen molar-refractivity contribution in [1.29, 1.82) is 0 Å². The van der Waals surface area contributed by atoms with Gasteiger partial charge in [-0.2, -0.15) is 0 Å². The van der Waals surface area contributed by atoms with E-state index in [2.05, 4.69) is 13.8 Å². The molecule has 19 heavy (non-hydrogen) atoms. The maximum atomic E-state index is 2.36. The first-order valence-corrected chi connectivity index (χ1v) is 8.70. The van der Waals surface area contributed by atoms with Crippen LogP contribution in [0.2, 0.25) is 0 Å². The molecule has 1 nitrogen and oxygen atoms in total. The average Bonchev–Trinajstić information content (AvgIpc) is 2.42. The smallest absolute Gasteiger partial charge is 0.0773 e. The summed E-state index contributed by atoms with van der Waals surface area (Å²) in [7, 11) is 0. The molecule has 0 aliphatic carbocycles. The van der Waals surface area contributed by atoms with Gasteiger partial charge in [-0.3, -0.25) is 0 Å². The van der Waals surface area contributed by atoms with Crippen molar-refractivity contribution in [2.75, 3.05) is 19.6 Å². The fourth-order valence-electron chi connectivity index (χ4n) is 3.25. The fraction of sp³-hybridized carbons (Fsp3) is 1.00. The third kappa shape index (κ3) is 9.73. The molecule has 1 rings (SSSR count). The first-order chi connectivity index (χ1) is 8.86. The van der Waals surface area contributed by atoms with E-state index in [-0.39, 0.29) is 12.4 Å². The van der Waals surface area contributed by atoms with Crippen LogP contribution in [0.3, 0.4) is 0 Å². The lowest BCUT2D eigenvalue weighted by Crippen LogP contribution is -3.13. The summed E-state index contributed by atoms with van der Waals surface area (Å²) in [5.41, 5.74) is 0. The molecule has 0 amide bonds. The Hall–Kier alpha value is 0.250. The minimum Gasteiger partial charge on any atom is -1.00 e. The highest BCUT2D eigenvalue weighted by atomic mass is 35.5. The number of piperidine rings is 1. The van der Waals surface area contributed by atoms with E-state index in [1.165, 1.54) is 90.3 Å². The van der Waals surface area contributed by atoms with Crippen LogP contribution in [0.25, 0.3) is 0 Å². The molecule has 0 aromatic rings. The van der Waals surface area contributed by atoms with Crippen molar-refractivity contribution < 1.29 is 17.3 Å². The zero-order valence-corrected chi connectivity index (χ0v) is 14.1. The zero-order chi connectivity index (χ0) is 13.1. The molecular weight excluding hydrogens is 254 g/mol. The maximum Gasteiger partial charge on any atom is 0.0773 e. The summed E-state index contributed by atoms with van der Waals surface area (Å²) in [6, 6.07) is 0. The SMILES string of the molecule is CCCCCCCCCC[NH+]1CCC(CC)CC1.[Cl-]. The van der Waals surface area contributed by atoms with Crippen LogP contribution in [0.15, 0.2) is 0 Å². The van der Waals surface area contributed by atoms with E-state index in [0.29, 0.717) is 0 Å². The van der Waals surface area contributed by atoms with E-state index in [0.717, 1.165) is 5.92 Å². The number of hydrogen-bond acceptors (Lipinski definition) is 0. The Balaban J connectivity index is 0.00000324. The summed E-state index contributed by atoms with van der Waals surface area (Å²) >= 11 is 0. The lowest BCUT2D eigenvalue weighted by molar-refractivity contribution is -0.906. The summed E-state index contributed by atoms with van der Waals surface area (Å²) in [5, 5.41) is 0. The molecule has 1 aliphatic heterocycles. The van der Waals surface area contributed by atoms with Crippen molar-refractivity contribution in [3.8, 4) is 0 Å². The van der Waals surface area contributed by atoms with Crippen LogP contribution in [0.4, 0.5) is 0 Å². The molecule has 116 valence electrons. The second-order valence-electron chi connectivity index (χ2n) is 6.33. The Bertz CT molecular complexity index is 176. The van der Waals surface area contributed by atoms with Gasteiger partial charge in [0.1, 0.15) is 0 Å². The van der Waals surface area contributed by atoms with E-state index in [9.17, 15) is 0 Å². The Labute approximate surface area is 127 Å². The molecule has 1 fully saturated rings. The summed E-state index contributed by atoms with van der Waals surface area (Å²) in [6.07, 6.45) is 16.0. The Morgan fingerprint density at radius 1 is 0.789 bits per heavy atom. The fourth-order valence-corrected chi connectivity index (χ4v) is 3.25. The molecule has 1 saturated heterocycles. The molecule has 0 spiro atoms. The normalized spacial score (nSPS) is 23.1. The monoisotopic (exact) mass is 289 g/mol. The van der Waals surface area contributed by atoms with Gasteiger partial charge in [0.05, 0.1) is 19.6 Å². The molecular formula is C17H36ClN. The highest BCUT2D eigenvalue weighted by Gasteiger charge is 2.19. The molecule has 2 heteroatoms. The number of likely N-dealkylation sites (tertiary alicyclic amines) is 1. The number of quaternary nitrogens is 1. The van der Waals surface area contributed by atoms with E-state index in [1.807, 2.05) is 4.90 Å². The van der Waals surface area contributed by atoms with Gasteiger partial charge in [-0.05, 0) is 31.6 Å². The van der Waals surface area contributed by atoms with E-state index < -0.39 is 0 Å². The number of hydrogen-bond donors (Lipinski definition) is 1. The molecule has 0 aromatic heterocycles. The summed E-state index contributed by atoms with van der Waals surface area (Å²) in [4.78, 5) is 1.89. The number of halogens is 1. The topological polar surface area (TPSA) is 4.44 Å². The zero-order valence-electron chi connectivity index (χ0n) is 13.4. The highest BCUT2D eigenvalue weighted by molar-refractivity contribution is 4.59. The van der Waals surface area contributed by atoms with Crippen LogP contribution in [-0.2, 0) is 0 Å². The van der Waals surface area contributed by atoms with Crippen LogP contribution < -0.4 is 17.3 Å². The highest BCUT2D eigenvalue weighted by Crippen LogP contribution is 2.13. The molecule has 1 aliphatic rings. The van der Waals surface area contributed by atoms with Crippen LogP contribution in [0.1, 0.15) is 84.5 Å². The maximum absolute atomic E-state index is 2.36. The molecule has 1 N–H and O–H groups in total. The Morgan fingerprint density at radius 2 is 1.32 bits per heavy atom. The second-order valence-corrected chi connectivity index (χ2v) is 6.33. The van der Waals surface area contributed by atoms with Crippen molar-refractivity contribution in [3.05, 3.63) is 0 Å². The minimum atomic E-state index is 0. The van der Waals surface area contributed by atoms with E-state index >= 15 is 0 Å². The van der Waals surface area contributed by atoms with Crippen molar-refractivity contribution >= 4 is 0 Å². The lowest BCUT2D eigenvalue weighted by atomic mass is 9.94. The van der Waals surface area contributed by atoms with Crippen molar-refractivity contribution in [1.82, 2.24) is 0 Å². The van der Waals surface area contributed by atoms with Gasteiger partial charge >= 0.3 is 0 Å². The predicted molar refractivity (Wildman–Crippen MR) is 81.2 cm³/mol. The van der Waals surface area contributed by atoms with Crippen LogP contribution in [0.5, 0.6) is 0 Å². The van der Waals surface area contributed by atoms with Crippen LogP contribution in [0, 0.1) is 5.92 Å². The molecule has 0 saturated carbocycles. The second kappa shape index (κ2) is 13.2. The van der Waals surface area contributed by atoms with Crippen molar-refractivity contribution in [2.24, 2.45) is 5.92 Å². The number of rotatable bonds is 10. The van der Waals surface area contributed by atoms with E-state index in [1.54, 1.807) is 0 Å². The molecule has 0 aromatic carbocycles. The van der Waals surface area contributed by atoms with Crippen LogP contribution in [-0.4, -0.2) is 19.6 Å². The predicted octanol–water partition coefficient (Wildman–Crippen LogP) is 0.836. The first kappa shape index (κ1) is 19.2. The van der Waals surface area contributed by atoms with Crippen LogP contribution >= 0.6 is 0 Å². The third-order valence-corrected chi connectivity index (χ3v) is 4.77. The lowest BCUT2D eigenvalue weighted by Gasteiger charge is -2.28. The van der Waals surface area contributed by atoms with Gasteiger partial charge in [-0.1, -0.05) is 58.8 Å². The van der Waals surface area contributed by atoms with Gasteiger partial charge in [0.25, 0.3) is 0 Å². The van der Waals surface area contributed by atoms with E-state index in [4.69, 9.17) is 0 Å². The van der Waals surface area contributed by atoms with Gasteiger partial charge in [0, 0.05) is 0 Å². The van der Waals surface area contributed by atoms with Gasteiger partial charge in [-0.15, -0.1) is 0 Å². The molecule has 1 heterocycles. The average molecular weight is 290 g/mol. The molecule has 0 radical (unpaired) electrons. The number of unbranched alkanes of at least 4 members (excludes halogenated alkanes) is 7. The molecule has 0 bridgehead atoms. The summed E-state index contributed by atoms with van der Waals surface area (Å²) in [6.45, 7) is 9.01. The molecule has 0 atom stereocenters. The third-order valence-electron chi connectivity index (χ3n) is 4.77. The minimum absolute atomic E-state index is 0. The summed E-state index contributed by atoms with van der Waals surface area (Å²) in [5.74, 6) is 1.05. The first-order valence-electron chi connectivity index (χ1n) is 8.70. The van der Waals surface area contributed by atoms with Crippen molar-refractivity contribution in [3.63, 3.8) is 0 Å². The largest absolute Gasteiger partial charge is 1.00 e. The quantitative estimate of drug-likeness (QED) is 0.569. The number of nitrogens with one attached hydrogen (secondary N) is 1. The van der Waals surface area contributed by atoms with Gasteiger partial charge in [-0.25, -0.2) is 0 Å².